The summed E-state index contributed by atoms with van der Waals surface area (Å²) in [7, 11) is 3.82. The Kier molecular flexibility index (Phi) is 5.74. The van der Waals surface area contributed by atoms with Crippen LogP contribution in [0.2, 0.25) is 0 Å². The maximum atomic E-state index is 12.6. The molecule has 1 amide bonds. The fourth-order valence-corrected chi connectivity index (χ4v) is 4.36. The molecular formula is C18H27N5O2S. The van der Waals surface area contributed by atoms with Crippen LogP contribution in [0.1, 0.15) is 22.2 Å². The van der Waals surface area contributed by atoms with E-state index in [2.05, 4.69) is 34.1 Å². The van der Waals surface area contributed by atoms with E-state index in [0.29, 0.717) is 27.6 Å². The number of carbonyl (C=O) groups excluding carboxylic acids is 1. The Balaban J connectivity index is 1.61. The van der Waals surface area contributed by atoms with Gasteiger partial charge in [-0.15, -0.1) is 11.3 Å². The number of amides is 1. The van der Waals surface area contributed by atoms with E-state index in [0.717, 1.165) is 38.3 Å². The SMILES string of the molecule is Cc1c(C(=O)NCC(C)CN2CCN(C)CC2)sc2ncn(C)c(=O)c12. The van der Waals surface area contributed by atoms with E-state index in [9.17, 15) is 9.59 Å². The summed E-state index contributed by atoms with van der Waals surface area (Å²) in [5, 5.41) is 3.58. The van der Waals surface area contributed by atoms with Crippen molar-refractivity contribution in [2.24, 2.45) is 13.0 Å². The van der Waals surface area contributed by atoms with Gasteiger partial charge in [-0.2, -0.15) is 0 Å². The lowest BCUT2D eigenvalue weighted by Gasteiger charge is -2.33. The maximum Gasteiger partial charge on any atom is 0.262 e. The Bertz CT molecular complexity index is 851. The number of piperazine rings is 1. The molecule has 8 heteroatoms. The first-order chi connectivity index (χ1) is 12.4. The van der Waals surface area contributed by atoms with Crippen molar-refractivity contribution in [3.05, 3.63) is 27.1 Å². The number of rotatable bonds is 5. The van der Waals surface area contributed by atoms with Crippen LogP contribution in [0, 0.1) is 12.8 Å². The highest BCUT2D eigenvalue weighted by molar-refractivity contribution is 7.20. The Morgan fingerprint density at radius 1 is 1.31 bits per heavy atom. The van der Waals surface area contributed by atoms with Crippen molar-refractivity contribution < 1.29 is 4.79 Å². The summed E-state index contributed by atoms with van der Waals surface area (Å²) in [4.78, 5) is 35.2. The molecule has 1 saturated heterocycles. The van der Waals surface area contributed by atoms with Gasteiger partial charge in [-0.25, -0.2) is 4.98 Å². The van der Waals surface area contributed by atoms with Gasteiger partial charge in [-0.1, -0.05) is 6.92 Å². The first-order valence-corrected chi connectivity index (χ1v) is 9.82. The summed E-state index contributed by atoms with van der Waals surface area (Å²) in [6.45, 7) is 9.96. The van der Waals surface area contributed by atoms with Gasteiger partial charge in [-0.05, 0) is 25.5 Å². The van der Waals surface area contributed by atoms with Gasteiger partial charge in [0.15, 0.2) is 0 Å². The molecule has 1 aliphatic rings. The van der Waals surface area contributed by atoms with Gasteiger partial charge < -0.3 is 19.7 Å². The minimum atomic E-state index is -0.113. The molecule has 142 valence electrons. The van der Waals surface area contributed by atoms with Crippen LogP contribution >= 0.6 is 11.3 Å². The van der Waals surface area contributed by atoms with Gasteiger partial charge in [0.2, 0.25) is 0 Å². The maximum absolute atomic E-state index is 12.6. The number of aryl methyl sites for hydroxylation is 2. The molecule has 2 aromatic heterocycles. The molecule has 1 N–H and O–H groups in total. The third-order valence-corrected chi connectivity index (χ3v) is 6.19. The Labute approximate surface area is 157 Å². The molecule has 3 rings (SSSR count). The highest BCUT2D eigenvalue weighted by atomic mass is 32.1. The van der Waals surface area contributed by atoms with Gasteiger partial charge in [-0.3, -0.25) is 9.59 Å². The monoisotopic (exact) mass is 377 g/mol. The van der Waals surface area contributed by atoms with Crippen LogP contribution in [0.4, 0.5) is 0 Å². The van der Waals surface area contributed by atoms with E-state index >= 15 is 0 Å². The van der Waals surface area contributed by atoms with Crippen molar-refractivity contribution in [2.75, 3.05) is 46.3 Å². The molecule has 0 bridgehead atoms. The molecule has 0 aliphatic carbocycles. The lowest BCUT2D eigenvalue weighted by molar-refractivity contribution is 0.0941. The average Bonchev–Trinajstić information content (AvgIpc) is 2.95. The van der Waals surface area contributed by atoms with Crippen LogP contribution in [0.25, 0.3) is 10.2 Å². The number of likely N-dealkylation sites (N-methyl/N-ethyl adjacent to an activating group) is 1. The van der Waals surface area contributed by atoms with Crippen LogP contribution in [0.5, 0.6) is 0 Å². The molecule has 0 radical (unpaired) electrons. The highest BCUT2D eigenvalue weighted by Gasteiger charge is 2.20. The first-order valence-electron chi connectivity index (χ1n) is 9.00. The Morgan fingerprint density at radius 2 is 2.00 bits per heavy atom. The molecule has 1 atom stereocenters. The lowest BCUT2D eigenvalue weighted by Crippen LogP contribution is -2.46. The Morgan fingerprint density at radius 3 is 2.69 bits per heavy atom. The van der Waals surface area contributed by atoms with Crippen molar-refractivity contribution in [3.63, 3.8) is 0 Å². The van der Waals surface area contributed by atoms with E-state index in [1.165, 1.54) is 22.2 Å². The van der Waals surface area contributed by atoms with E-state index in [-0.39, 0.29) is 11.5 Å². The van der Waals surface area contributed by atoms with Crippen molar-refractivity contribution >= 4 is 27.5 Å². The summed E-state index contributed by atoms with van der Waals surface area (Å²) in [6, 6.07) is 0. The van der Waals surface area contributed by atoms with Gasteiger partial charge >= 0.3 is 0 Å². The number of fused-ring (bicyclic) bond motifs is 1. The van der Waals surface area contributed by atoms with Gasteiger partial charge in [0.1, 0.15) is 4.83 Å². The van der Waals surface area contributed by atoms with Crippen LogP contribution < -0.4 is 10.9 Å². The number of thiophene rings is 1. The number of aromatic nitrogens is 2. The van der Waals surface area contributed by atoms with Crippen molar-refractivity contribution in [3.8, 4) is 0 Å². The van der Waals surface area contributed by atoms with Crippen molar-refractivity contribution in [1.82, 2.24) is 24.7 Å². The smallest absolute Gasteiger partial charge is 0.262 e. The fourth-order valence-electron chi connectivity index (χ4n) is 3.31. The zero-order chi connectivity index (χ0) is 18.8. The molecule has 2 aromatic rings. The van der Waals surface area contributed by atoms with Gasteiger partial charge in [0, 0.05) is 46.3 Å². The standard InChI is InChI=1S/C18H27N5O2S/c1-12(10-23-7-5-21(3)6-8-23)9-19-16(24)15-13(2)14-17(26-15)20-11-22(4)18(14)25/h11-12H,5-10H2,1-4H3,(H,19,24). The predicted octanol–water partition coefficient (Wildman–Crippen LogP) is 0.917. The third kappa shape index (κ3) is 3.97. The second-order valence-corrected chi connectivity index (χ2v) is 8.32. The van der Waals surface area contributed by atoms with Crippen molar-refractivity contribution in [1.29, 1.82) is 0 Å². The molecule has 1 unspecified atom stereocenters. The van der Waals surface area contributed by atoms with Crippen LogP contribution in [0.15, 0.2) is 11.1 Å². The predicted molar refractivity (Wildman–Crippen MR) is 105 cm³/mol. The molecule has 0 aromatic carbocycles. The summed E-state index contributed by atoms with van der Waals surface area (Å²) in [5.41, 5.74) is 0.620. The van der Waals surface area contributed by atoms with Gasteiger partial charge in [0.25, 0.3) is 11.5 Å². The molecule has 3 heterocycles. The molecule has 0 spiro atoms. The van der Waals surface area contributed by atoms with Crippen molar-refractivity contribution in [2.45, 2.75) is 13.8 Å². The second-order valence-electron chi connectivity index (χ2n) is 7.32. The second kappa shape index (κ2) is 7.85. The van der Waals surface area contributed by atoms with Crippen LogP contribution in [-0.2, 0) is 7.05 Å². The van der Waals surface area contributed by atoms with E-state index < -0.39 is 0 Å². The first kappa shape index (κ1) is 19.0. The lowest BCUT2D eigenvalue weighted by atomic mass is 10.1. The summed E-state index contributed by atoms with van der Waals surface area (Å²) in [6.07, 6.45) is 1.50. The average molecular weight is 378 g/mol. The van der Waals surface area contributed by atoms with Crippen LogP contribution in [-0.4, -0.2) is 71.6 Å². The minimum absolute atomic E-state index is 0.105. The Hall–Kier alpha value is -1.77. The quantitative estimate of drug-likeness (QED) is 0.839. The normalized spacial score (nSPS) is 17.5. The molecule has 0 saturated carbocycles. The van der Waals surface area contributed by atoms with E-state index in [4.69, 9.17) is 0 Å². The largest absolute Gasteiger partial charge is 0.351 e. The van der Waals surface area contributed by atoms with E-state index in [1.54, 1.807) is 7.05 Å². The minimum Gasteiger partial charge on any atom is -0.351 e. The molecule has 26 heavy (non-hydrogen) atoms. The van der Waals surface area contributed by atoms with E-state index in [1.807, 2.05) is 6.92 Å². The zero-order valence-corrected chi connectivity index (χ0v) is 16.7. The summed E-state index contributed by atoms with van der Waals surface area (Å²) >= 11 is 1.29. The van der Waals surface area contributed by atoms with Crippen LogP contribution in [0.3, 0.4) is 0 Å². The number of carbonyl (C=O) groups is 1. The molecule has 1 fully saturated rings. The number of hydrogen-bond donors (Lipinski definition) is 1. The topological polar surface area (TPSA) is 70.5 Å². The molecule has 1 aliphatic heterocycles. The fraction of sp³-hybridized carbons (Fsp3) is 0.611. The third-order valence-electron chi connectivity index (χ3n) is 4.99. The zero-order valence-electron chi connectivity index (χ0n) is 15.9. The number of nitrogens with zero attached hydrogens (tertiary/aromatic N) is 4. The summed E-state index contributed by atoms with van der Waals surface area (Å²) in [5.74, 6) is 0.265. The summed E-state index contributed by atoms with van der Waals surface area (Å²) < 4.78 is 1.45. The molecular weight excluding hydrogens is 350 g/mol. The molecule has 7 nitrogen and oxygen atoms in total. The highest BCUT2D eigenvalue weighted by Crippen LogP contribution is 2.26. The number of hydrogen-bond acceptors (Lipinski definition) is 6. The van der Waals surface area contributed by atoms with Gasteiger partial charge in [0.05, 0.1) is 16.6 Å². The number of nitrogens with one attached hydrogen (secondary N) is 1.